The van der Waals surface area contributed by atoms with Crippen LogP contribution in [0.25, 0.3) is 16.9 Å². The SMILES string of the molecule is Cc1ccc(-n2c(-c3ccccc3)cc(C(=O)NCCC(C)C)c2C)cc1. The van der Waals surface area contributed by atoms with E-state index in [0.29, 0.717) is 12.5 Å². The predicted octanol–water partition coefficient (Wildman–Crippen LogP) is 5.54. The molecule has 3 nitrogen and oxygen atoms in total. The molecule has 0 spiro atoms. The van der Waals surface area contributed by atoms with Crippen molar-refractivity contribution in [3.63, 3.8) is 0 Å². The molecule has 3 rings (SSSR count). The molecule has 0 atom stereocenters. The topological polar surface area (TPSA) is 34.0 Å². The maximum atomic E-state index is 12.8. The second kappa shape index (κ2) is 8.26. The normalized spacial score (nSPS) is 11.0. The maximum absolute atomic E-state index is 12.8. The zero-order chi connectivity index (χ0) is 19.4. The summed E-state index contributed by atoms with van der Waals surface area (Å²) in [5, 5.41) is 3.07. The van der Waals surface area contributed by atoms with Gasteiger partial charge in [0.25, 0.3) is 5.91 Å². The predicted molar refractivity (Wildman–Crippen MR) is 112 cm³/mol. The van der Waals surface area contributed by atoms with Gasteiger partial charge in [-0.2, -0.15) is 0 Å². The minimum Gasteiger partial charge on any atom is -0.352 e. The number of hydrogen-bond acceptors (Lipinski definition) is 1. The van der Waals surface area contributed by atoms with Crippen LogP contribution >= 0.6 is 0 Å². The minimum atomic E-state index is -0.00353. The van der Waals surface area contributed by atoms with Crippen LogP contribution in [0.5, 0.6) is 0 Å². The average Bonchev–Trinajstić information content (AvgIpc) is 3.00. The number of carbonyl (C=O) groups excluding carboxylic acids is 1. The number of benzene rings is 2. The van der Waals surface area contributed by atoms with Gasteiger partial charge in [0.2, 0.25) is 0 Å². The van der Waals surface area contributed by atoms with Crippen LogP contribution in [0, 0.1) is 19.8 Å². The second-order valence-corrected chi connectivity index (χ2v) is 7.50. The lowest BCUT2D eigenvalue weighted by atomic mass is 10.1. The van der Waals surface area contributed by atoms with Crippen molar-refractivity contribution in [1.82, 2.24) is 9.88 Å². The Morgan fingerprint density at radius 2 is 1.67 bits per heavy atom. The molecule has 0 fully saturated rings. The molecule has 27 heavy (non-hydrogen) atoms. The summed E-state index contributed by atoms with van der Waals surface area (Å²) in [6.45, 7) is 9.13. The summed E-state index contributed by atoms with van der Waals surface area (Å²) < 4.78 is 2.17. The summed E-state index contributed by atoms with van der Waals surface area (Å²) >= 11 is 0. The third kappa shape index (κ3) is 4.30. The Kier molecular flexibility index (Phi) is 5.80. The molecule has 1 aromatic heterocycles. The van der Waals surface area contributed by atoms with E-state index in [0.717, 1.165) is 34.6 Å². The minimum absolute atomic E-state index is 0.00353. The number of aromatic nitrogens is 1. The molecule has 3 aromatic rings. The van der Waals surface area contributed by atoms with Gasteiger partial charge in [0.05, 0.1) is 11.3 Å². The number of rotatable bonds is 6. The van der Waals surface area contributed by atoms with Gasteiger partial charge in [0.15, 0.2) is 0 Å². The lowest BCUT2D eigenvalue weighted by Gasteiger charge is -2.13. The fourth-order valence-electron chi connectivity index (χ4n) is 3.25. The van der Waals surface area contributed by atoms with Crippen LogP contribution in [0.1, 0.15) is 41.9 Å². The van der Waals surface area contributed by atoms with Gasteiger partial charge >= 0.3 is 0 Å². The third-order valence-electron chi connectivity index (χ3n) is 4.86. The summed E-state index contributed by atoms with van der Waals surface area (Å²) in [6, 6.07) is 20.7. The van der Waals surface area contributed by atoms with Crippen LogP contribution in [0.4, 0.5) is 0 Å². The summed E-state index contributed by atoms with van der Waals surface area (Å²) in [5.41, 5.74) is 6.11. The smallest absolute Gasteiger partial charge is 0.253 e. The van der Waals surface area contributed by atoms with Crippen LogP contribution in [0.3, 0.4) is 0 Å². The Bertz CT molecular complexity index is 906. The van der Waals surface area contributed by atoms with E-state index in [1.54, 1.807) is 0 Å². The molecule has 2 aromatic carbocycles. The van der Waals surface area contributed by atoms with Crippen LogP contribution in [0.2, 0.25) is 0 Å². The van der Waals surface area contributed by atoms with Gasteiger partial charge in [-0.05, 0) is 49.9 Å². The molecule has 0 saturated heterocycles. The van der Waals surface area contributed by atoms with E-state index < -0.39 is 0 Å². The first kappa shape index (κ1) is 19.0. The molecule has 0 aliphatic rings. The maximum Gasteiger partial charge on any atom is 0.253 e. The molecule has 0 unspecified atom stereocenters. The molecular formula is C24H28N2O. The molecule has 0 radical (unpaired) electrons. The van der Waals surface area contributed by atoms with Crippen molar-refractivity contribution in [3.8, 4) is 16.9 Å². The fourth-order valence-corrected chi connectivity index (χ4v) is 3.25. The fraction of sp³-hybridized carbons (Fsp3) is 0.292. The largest absolute Gasteiger partial charge is 0.352 e. The molecule has 1 N–H and O–H groups in total. The van der Waals surface area contributed by atoms with Crippen LogP contribution in [-0.2, 0) is 0 Å². The highest BCUT2D eigenvalue weighted by Crippen LogP contribution is 2.29. The van der Waals surface area contributed by atoms with Gasteiger partial charge in [-0.3, -0.25) is 4.79 Å². The van der Waals surface area contributed by atoms with E-state index in [-0.39, 0.29) is 5.91 Å². The molecule has 1 amide bonds. The van der Waals surface area contributed by atoms with Gasteiger partial charge in [-0.15, -0.1) is 0 Å². The Labute approximate surface area is 162 Å². The number of amides is 1. The summed E-state index contributed by atoms with van der Waals surface area (Å²) in [5.74, 6) is 0.569. The van der Waals surface area contributed by atoms with Gasteiger partial charge in [0.1, 0.15) is 0 Å². The molecule has 3 heteroatoms. The molecule has 0 aliphatic carbocycles. The van der Waals surface area contributed by atoms with Crippen LogP contribution in [0.15, 0.2) is 60.7 Å². The summed E-state index contributed by atoms with van der Waals surface area (Å²) in [4.78, 5) is 12.8. The highest BCUT2D eigenvalue weighted by atomic mass is 16.1. The molecule has 1 heterocycles. The highest BCUT2D eigenvalue weighted by molar-refractivity contribution is 5.97. The van der Waals surface area contributed by atoms with Crippen molar-refractivity contribution in [2.45, 2.75) is 34.1 Å². The van der Waals surface area contributed by atoms with Crippen molar-refractivity contribution in [2.24, 2.45) is 5.92 Å². The van der Waals surface area contributed by atoms with E-state index in [1.807, 2.05) is 31.2 Å². The zero-order valence-electron chi connectivity index (χ0n) is 16.6. The van der Waals surface area contributed by atoms with Gasteiger partial charge in [0, 0.05) is 17.9 Å². The second-order valence-electron chi connectivity index (χ2n) is 7.50. The van der Waals surface area contributed by atoms with Crippen molar-refractivity contribution >= 4 is 5.91 Å². The lowest BCUT2D eigenvalue weighted by Crippen LogP contribution is -2.25. The Morgan fingerprint density at radius 3 is 2.30 bits per heavy atom. The van der Waals surface area contributed by atoms with Crippen LogP contribution in [-0.4, -0.2) is 17.0 Å². The van der Waals surface area contributed by atoms with Crippen molar-refractivity contribution in [2.75, 3.05) is 6.54 Å². The van der Waals surface area contributed by atoms with E-state index in [2.05, 4.69) is 67.1 Å². The summed E-state index contributed by atoms with van der Waals surface area (Å²) in [6.07, 6.45) is 0.981. The van der Waals surface area contributed by atoms with E-state index in [4.69, 9.17) is 0 Å². The highest BCUT2D eigenvalue weighted by Gasteiger charge is 2.19. The van der Waals surface area contributed by atoms with Crippen molar-refractivity contribution < 1.29 is 4.79 Å². The van der Waals surface area contributed by atoms with E-state index >= 15 is 0 Å². The van der Waals surface area contributed by atoms with Crippen molar-refractivity contribution in [1.29, 1.82) is 0 Å². The number of nitrogens with one attached hydrogen (secondary N) is 1. The zero-order valence-corrected chi connectivity index (χ0v) is 16.6. The number of hydrogen-bond donors (Lipinski definition) is 1. The number of nitrogens with zero attached hydrogens (tertiary/aromatic N) is 1. The Morgan fingerprint density at radius 1 is 1.00 bits per heavy atom. The Hall–Kier alpha value is -2.81. The standard InChI is InChI=1S/C24H28N2O/c1-17(2)14-15-25-24(27)22-16-23(20-8-6-5-7-9-20)26(19(22)4)21-12-10-18(3)11-13-21/h5-13,16-17H,14-15H2,1-4H3,(H,25,27). The lowest BCUT2D eigenvalue weighted by molar-refractivity contribution is 0.0951. The average molecular weight is 361 g/mol. The Balaban J connectivity index is 2.04. The van der Waals surface area contributed by atoms with E-state index in [1.165, 1.54) is 5.56 Å². The van der Waals surface area contributed by atoms with Crippen molar-refractivity contribution in [3.05, 3.63) is 77.5 Å². The first-order valence-corrected chi connectivity index (χ1v) is 9.60. The third-order valence-corrected chi connectivity index (χ3v) is 4.86. The monoisotopic (exact) mass is 360 g/mol. The first-order chi connectivity index (χ1) is 13.0. The molecular weight excluding hydrogens is 332 g/mol. The number of aryl methyl sites for hydroxylation is 1. The van der Waals surface area contributed by atoms with Gasteiger partial charge in [-0.1, -0.05) is 61.9 Å². The summed E-state index contributed by atoms with van der Waals surface area (Å²) in [7, 11) is 0. The quantitative estimate of drug-likeness (QED) is 0.615. The first-order valence-electron chi connectivity index (χ1n) is 9.60. The molecule has 0 saturated carbocycles. The van der Waals surface area contributed by atoms with Crippen LogP contribution < -0.4 is 5.32 Å². The number of carbonyl (C=O) groups is 1. The molecule has 0 bridgehead atoms. The molecule has 0 aliphatic heterocycles. The van der Waals surface area contributed by atoms with E-state index in [9.17, 15) is 4.79 Å². The molecule has 140 valence electrons. The van der Waals surface area contributed by atoms with Gasteiger partial charge < -0.3 is 9.88 Å². The van der Waals surface area contributed by atoms with Gasteiger partial charge in [-0.25, -0.2) is 0 Å².